The topological polar surface area (TPSA) is 42.3 Å². The first kappa shape index (κ1) is 17.6. The monoisotopic (exact) mass is 368 g/mol. The molecule has 1 aliphatic heterocycles. The Morgan fingerprint density at radius 2 is 1.96 bits per heavy atom. The Balaban J connectivity index is 2.00. The van der Waals surface area contributed by atoms with Gasteiger partial charge in [0.05, 0.1) is 5.69 Å². The third-order valence-electron chi connectivity index (χ3n) is 3.77. The molecule has 1 atom stereocenters. The van der Waals surface area contributed by atoms with Gasteiger partial charge in [0.15, 0.2) is 0 Å². The number of alkyl halides is 3. The summed E-state index contributed by atoms with van der Waals surface area (Å²) in [4.78, 5) is 27.6. The first-order chi connectivity index (χ1) is 11.8. The Bertz CT molecular complexity index is 863. The Morgan fingerprint density at radius 1 is 1.24 bits per heavy atom. The van der Waals surface area contributed by atoms with Gasteiger partial charge in [0.1, 0.15) is 12.1 Å². The minimum atomic E-state index is -4.53. The summed E-state index contributed by atoms with van der Waals surface area (Å²) in [6.07, 6.45) is -3.50. The van der Waals surface area contributed by atoms with Crippen LogP contribution in [0.2, 0.25) is 0 Å². The second-order valence-electron chi connectivity index (χ2n) is 5.78. The molecule has 25 heavy (non-hydrogen) atoms. The van der Waals surface area contributed by atoms with Crippen LogP contribution < -0.4 is 10.5 Å². The number of carbonyl (C=O) groups is 1. The van der Waals surface area contributed by atoms with Crippen LogP contribution in [0.4, 0.5) is 18.9 Å². The van der Waals surface area contributed by atoms with Gasteiger partial charge in [-0.15, -0.1) is 11.8 Å². The van der Waals surface area contributed by atoms with Crippen molar-refractivity contribution in [2.24, 2.45) is 0 Å². The second kappa shape index (κ2) is 6.59. The molecule has 0 saturated carbocycles. The van der Waals surface area contributed by atoms with Crippen LogP contribution >= 0.6 is 11.8 Å². The lowest BCUT2D eigenvalue weighted by molar-refractivity contribution is -0.141. The van der Waals surface area contributed by atoms with Crippen molar-refractivity contribution >= 4 is 23.4 Å². The van der Waals surface area contributed by atoms with Crippen molar-refractivity contribution in [3.05, 3.63) is 58.5 Å². The van der Waals surface area contributed by atoms with Crippen molar-refractivity contribution in [1.82, 2.24) is 4.57 Å². The summed E-state index contributed by atoms with van der Waals surface area (Å²) in [6, 6.07) is 9.83. The number of para-hydroxylation sites is 1. The van der Waals surface area contributed by atoms with Gasteiger partial charge in [-0.05, 0) is 24.3 Å². The molecule has 0 saturated heterocycles. The first-order valence-corrected chi connectivity index (χ1v) is 8.48. The largest absolute Gasteiger partial charge is 0.406 e. The lowest BCUT2D eigenvalue weighted by Gasteiger charge is -2.32. The van der Waals surface area contributed by atoms with Gasteiger partial charge in [-0.1, -0.05) is 19.1 Å². The molecule has 0 radical (unpaired) electrons. The summed E-state index contributed by atoms with van der Waals surface area (Å²) in [5, 5.41) is 0.111. The van der Waals surface area contributed by atoms with E-state index < -0.39 is 24.2 Å². The molecule has 2 heterocycles. The zero-order chi connectivity index (χ0) is 18.2. The van der Waals surface area contributed by atoms with Gasteiger partial charge in [-0.3, -0.25) is 9.59 Å². The van der Waals surface area contributed by atoms with Gasteiger partial charge in [-0.25, -0.2) is 0 Å². The molecule has 4 nitrogen and oxygen atoms in total. The fourth-order valence-corrected chi connectivity index (χ4v) is 3.86. The number of aromatic nitrogens is 1. The van der Waals surface area contributed by atoms with E-state index in [1.807, 2.05) is 19.1 Å². The van der Waals surface area contributed by atoms with E-state index in [1.54, 1.807) is 23.9 Å². The number of fused-ring (bicyclic) bond motifs is 1. The van der Waals surface area contributed by atoms with Crippen molar-refractivity contribution in [3.8, 4) is 0 Å². The molecule has 3 rings (SSSR count). The minimum Gasteiger partial charge on any atom is -0.306 e. The van der Waals surface area contributed by atoms with Crippen LogP contribution in [0.15, 0.2) is 52.3 Å². The van der Waals surface area contributed by atoms with E-state index in [1.165, 1.54) is 17.0 Å². The summed E-state index contributed by atoms with van der Waals surface area (Å²) < 4.78 is 38.3. The van der Waals surface area contributed by atoms with Crippen molar-refractivity contribution < 1.29 is 18.0 Å². The summed E-state index contributed by atoms with van der Waals surface area (Å²) in [5.74, 6) is -0.582. The van der Waals surface area contributed by atoms with Crippen LogP contribution in [0.25, 0.3) is 0 Å². The highest BCUT2D eigenvalue weighted by Crippen LogP contribution is 2.38. The van der Waals surface area contributed by atoms with Crippen LogP contribution in [0.1, 0.15) is 17.3 Å². The molecule has 8 heteroatoms. The molecule has 0 bridgehead atoms. The van der Waals surface area contributed by atoms with E-state index in [0.29, 0.717) is 16.8 Å². The lowest BCUT2D eigenvalue weighted by Crippen LogP contribution is -2.42. The number of halogens is 3. The number of anilines is 1. The number of amides is 1. The maximum absolute atomic E-state index is 12.9. The molecule has 1 aromatic carbocycles. The van der Waals surface area contributed by atoms with Gasteiger partial charge in [0, 0.05) is 22.9 Å². The van der Waals surface area contributed by atoms with Crippen molar-refractivity contribution in [2.75, 3.05) is 11.4 Å². The molecule has 1 aromatic heterocycles. The quantitative estimate of drug-likeness (QED) is 0.814. The third kappa shape index (κ3) is 3.73. The number of rotatable bonds is 2. The van der Waals surface area contributed by atoms with Gasteiger partial charge in [0.2, 0.25) is 0 Å². The Kier molecular flexibility index (Phi) is 4.64. The highest BCUT2D eigenvalue weighted by Gasteiger charge is 2.31. The number of thioether (sulfide) groups is 1. The fraction of sp³-hybridized carbons (Fsp3) is 0.294. The standard InChI is InChI=1S/C17H15F3N2O2S/c1-11-9-22(13-6-2-3-7-14(13)25-11)16(24)12-5-4-8-21(15(12)23)10-17(18,19)20/h2-8,11H,9-10H2,1H3. The van der Waals surface area contributed by atoms with Gasteiger partial charge in [-0.2, -0.15) is 13.2 Å². The van der Waals surface area contributed by atoms with E-state index in [2.05, 4.69) is 0 Å². The number of nitrogens with zero attached hydrogens (tertiary/aromatic N) is 2. The van der Waals surface area contributed by atoms with E-state index in [-0.39, 0.29) is 10.8 Å². The van der Waals surface area contributed by atoms with Crippen LogP contribution in [-0.4, -0.2) is 28.4 Å². The maximum atomic E-state index is 12.9. The number of benzene rings is 1. The Labute approximate surface area is 146 Å². The van der Waals surface area contributed by atoms with E-state index >= 15 is 0 Å². The normalized spacial score (nSPS) is 17.3. The van der Waals surface area contributed by atoms with Crippen LogP contribution in [-0.2, 0) is 6.54 Å². The van der Waals surface area contributed by atoms with Crippen LogP contribution in [0, 0.1) is 0 Å². The highest BCUT2D eigenvalue weighted by molar-refractivity contribution is 8.00. The van der Waals surface area contributed by atoms with E-state index in [4.69, 9.17) is 0 Å². The number of hydrogen-bond donors (Lipinski definition) is 0. The highest BCUT2D eigenvalue weighted by atomic mass is 32.2. The molecular formula is C17H15F3N2O2S. The maximum Gasteiger partial charge on any atom is 0.406 e. The molecule has 2 aromatic rings. The summed E-state index contributed by atoms with van der Waals surface area (Å²) in [7, 11) is 0. The zero-order valence-corrected chi connectivity index (χ0v) is 14.1. The Hall–Kier alpha value is -2.22. The number of carbonyl (C=O) groups excluding carboxylic acids is 1. The summed E-state index contributed by atoms with van der Waals surface area (Å²) in [6.45, 7) is 0.914. The van der Waals surface area contributed by atoms with Crippen molar-refractivity contribution in [2.45, 2.75) is 29.8 Å². The minimum absolute atomic E-state index is 0.111. The molecule has 1 unspecified atom stereocenters. The molecule has 0 aliphatic carbocycles. The predicted octanol–water partition coefficient (Wildman–Crippen LogP) is 3.55. The van der Waals surface area contributed by atoms with E-state index in [9.17, 15) is 22.8 Å². The molecule has 132 valence electrons. The third-order valence-corrected chi connectivity index (χ3v) is 4.92. The number of pyridine rings is 1. The van der Waals surface area contributed by atoms with Gasteiger partial charge >= 0.3 is 6.18 Å². The Morgan fingerprint density at radius 3 is 2.68 bits per heavy atom. The lowest BCUT2D eigenvalue weighted by atomic mass is 10.2. The van der Waals surface area contributed by atoms with E-state index in [0.717, 1.165) is 11.1 Å². The van der Waals surface area contributed by atoms with Crippen molar-refractivity contribution in [3.63, 3.8) is 0 Å². The molecule has 1 amide bonds. The zero-order valence-electron chi connectivity index (χ0n) is 13.3. The molecular weight excluding hydrogens is 353 g/mol. The van der Waals surface area contributed by atoms with Crippen LogP contribution in [0.3, 0.4) is 0 Å². The average molecular weight is 368 g/mol. The molecule has 0 spiro atoms. The van der Waals surface area contributed by atoms with Gasteiger partial charge in [0.25, 0.3) is 11.5 Å². The number of hydrogen-bond acceptors (Lipinski definition) is 3. The van der Waals surface area contributed by atoms with Crippen molar-refractivity contribution in [1.29, 1.82) is 0 Å². The van der Waals surface area contributed by atoms with Crippen LogP contribution in [0.5, 0.6) is 0 Å². The molecule has 1 aliphatic rings. The average Bonchev–Trinajstić information content (AvgIpc) is 2.54. The van der Waals surface area contributed by atoms with Gasteiger partial charge < -0.3 is 9.47 Å². The smallest absolute Gasteiger partial charge is 0.306 e. The second-order valence-corrected chi connectivity index (χ2v) is 7.26. The molecule has 0 fully saturated rings. The fourth-order valence-electron chi connectivity index (χ4n) is 2.74. The SMILES string of the molecule is CC1CN(C(=O)c2cccn(CC(F)(F)F)c2=O)c2ccccc2S1. The molecule has 0 N–H and O–H groups in total. The summed E-state index contributed by atoms with van der Waals surface area (Å²) in [5.41, 5.74) is -0.532. The summed E-state index contributed by atoms with van der Waals surface area (Å²) >= 11 is 1.62. The first-order valence-electron chi connectivity index (χ1n) is 7.60. The predicted molar refractivity (Wildman–Crippen MR) is 90.2 cm³/mol.